The van der Waals surface area contributed by atoms with Gasteiger partial charge in [0.25, 0.3) is 0 Å². The standard InChI is InChI=1S/C17H28N4O3/c1-12-6-3-4-8-14(12)20(2)15(22)11-21-9-5-7-13(10-21)16-18-19-17(23)24-16/h12-14H,3-11H2,1-2H3,(H,19,23). The molecule has 1 amide bonds. The molecule has 1 aliphatic heterocycles. The van der Waals surface area contributed by atoms with Gasteiger partial charge >= 0.3 is 5.76 Å². The zero-order valence-corrected chi connectivity index (χ0v) is 14.7. The molecule has 2 heterocycles. The van der Waals surface area contributed by atoms with E-state index in [-0.39, 0.29) is 11.8 Å². The Balaban J connectivity index is 1.56. The first-order chi connectivity index (χ1) is 11.5. The van der Waals surface area contributed by atoms with Gasteiger partial charge in [0, 0.05) is 19.6 Å². The Hall–Kier alpha value is -1.63. The van der Waals surface area contributed by atoms with Crippen LogP contribution in [-0.2, 0) is 4.79 Å². The first kappa shape index (κ1) is 17.2. The number of hydrogen-bond acceptors (Lipinski definition) is 5. The number of amides is 1. The summed E-state index contributed by atoms with van der Waals surface area (Å²) in [6.07, 6.45) is 6.75. The summed E-state index contributed by atoms with van der Waals surface area (Å²) >= 11 is 0. The number of aromatic nitrogens is 2. The SMILES string of the molecule is CC1CCCCC1N(C)C(=O)CN1CCCC(c2n[nH]c(=O)o2)C1. The van der Waals surface area contributed by atoms with Crippen LogP contribution in [0.4, 0.5) is 0 Å². The Labute approximate surface area is 142 Å². The Kier molecular flexibility index (Phi) is 5.38. The van der Waals surface area contributed by atoms with Gasteiger partial charge in [-0.1, -0.05) is 19.8 Å². The molecule has 0 aromatic carbocycles. The molecule has 0 bridgehead atoms. The van der Waals surface area contributed by atoms with E-state index in [9.17, 15) is 9.59 Å². The average molecular weight is 336 g/mol. The molecule has 134 valence electrons. The van der Waals surface area contributed by atoms with E-state index in [1.807, 2.05) is 11.9 Å². The highest BCUT2D eigenvalue weighted by molar-refractivity contribution is 5.78. The number of carbonyl (C=O) groups excluding carboxylic acids is 1. The van der Waals surface area contributed by atoms with Crippen LogP contribution in [0.25, 0.3) is 0 Å². The molecule has 1 saturated carbocycles. The lowest BCUT2D eigenvalue weighted by molar-refractivity contribution is -0.135. The van der Waals surface area contributed by atoms with Gasteiger partial charge in [0.15, 0.2) is 0 Å². The minimum absolute atomic E-state index is 0.0874. The van der Waals surface area contributed by atoms with E-state index in [0.29, 0.717) is 30.9 Å². The van der Waals surface area contributed by atoms with Crippen molar-refractivity contribution in [3.8, 4) is 0 Å². The van der Waals surface area contributed by atoms with E-state index in [4.69, 9.17) is 4.42 Å². The van der Waals surface area contributed by atoms with Crippen LogP contribution in [0.1, 0.15) is 57.3 Å². The van der Waals surface area contributed by atoms with Crippen molar-refractivity contribution in [3.05, 3.63) is 16.4 Å². The van der Waals surface area contributed by atoms with Crippen molar-refractivity contribution in [1.82, 2.24) is 20.0 Å². The maximum absolute atomic E-state index is 12.7. The summed E-state index contributed by atoms with van der Waals surface area (Å²) in [4.78, 5) is 27.9. The van der Waals surface area contributed by atoms with Crippen molar-refractivity contribution >= 4 is 5.91 Å². The number of aromatic amines is 1. The molecule has 1 aromatic rings. The van der Waals surface area contributed by atoms with Gasteiger partial charge < -0.3 is 9.32 Å². The van der Waals surface area contributed by atoms with Crippen LogP contribution in [-0.4, -0.2) is 58.6 Å². The van der Waals surface area contributed by atoms with Crippen molar-refractivity contribution in [3.63, 3.8) is 0 Å². The van der Waals surface area contributed by atoms with Crippen LogP contribution in [0.2, 0.25) is 0 Å². The molecule has 0 radical (unpaired) electrons. The predicted octanol–water partition coefficient (Wildman–Crippen LogP) is 1.58. The molecule has 7 heteroatoms. The second kappa shape index (κ2) is 7.51. The van der Waals surface area contributed by atoms with Gasteiger partial charge in [-0.05, 0) is 38.1 Å². The van der Waals surface area contributed by atoms with Crippen molar-refractivity contribution in [2.45, 2.75) is 57.4 Å². The average Bonchev–Trinajstić information content (AvgIpc) is 3.01. The zero-order chi connectivity index (χ0) is 17.1. The zero-order valence-electron chi connectivity index (χ0n) is 14.7. The van der Waals surface area contributed by atoms with Crippen LogP contribution in [0.15, 0.2) is 9.21 Å². The molecule has 3 unspecified atom stereocenters. The monoisotopic (exact) mass is 336 g/mol. The van der Waals surface area contributed by atoms with E-state index < -0.39 is 5.76 Å². The van der Waals surface area contributed by atoms with Gasteiger partial charge in [0.05, 0.1) is 12.5 Å². The van der Waals surface area contributed by atoms with Gasteiger partial charge in [0.2, 0.25) is 11.8 Å². The van der Waals surface area contributed by atoms with Crippen molar-refractivity contribution in [2.75, 3.05) is 26.7 Å². The molecule has 1 saturated heterocycles. The van der Waals surface area contributed by atoms with E-state index in [1.165, 1.54) is 19.3 Å². The number of likely N-dealkylation sites (tertiary alicyclic amines) is 1. The highest BCUT2D eigenvalue weighted by Gasteiger charge is 2.31. The first-order valence-electron chi connectivity index (χ1n) is 9.08. The predicted molar refractivity (Wildman–Crippen MR) is 89.7 cm³/mol. The van der Waals surface area contributed by atoms with Crippen LogP contribution >= 0.6 is 0 Å². The topological polar surface area (TPSA) is 82.4 Å². The van der Waals surface area contributed by atoms with E-state index >= 15 is 0 Å². The molecule has 24 heavy (non-hydrogen) atoms. The maximum Gasteiger partial charge on any atom is 0.434 e. The second-order valence-corrected chi connectivity index (χ2v) is 7.36. The van der Waals surface area contributed by atoms with Crippen LogP contribution in [0, 0.1) is 5.92 Å². The second-order valence-electron chi connectivity index (χ2n) is 7.36. The lowest BCUT2D eigenvalue weighted by Crippen LogP contribution is -2.48. The molecule has 1 aromatic heterocycles. The molecule has 2 aliphatic rings. The Bertz CT molecular complexity index is 611. The van der Waals surface area contributed by atoms with Crippen molar-refractivity contribution < 1.29 is 9.21 Å². The third-order valence-corrected chi connectivity index (χ3v) is 5.63. The number of nitrogens with zero attached hydrogens (tertiary/aromatic N) is 3. The van der Waals surface area contributed by atoms with Crippen molar-refractivity contribution in [1.29, 1.82) is 0 Å². The van der Waals surface area contributed by atoms with Crippen LogP contribution in [0.3, 0.4) is 0 Å². The Morgan fingerprint density at radius 2 is 2.12 bits per heavy atom. The number of rotatable bonds is 4. The fourth-order valence-corrected chi connectivity index (χ4v) is 4.18. The van der Waals surface area contributed by atoms with Gasteiger partial charge in [-0.2, -0.15) is 0 Å². The quantitative estimate of drug-likeness (QED) is 0.903. The summed E-state index contributed by atoms with van der Waals surface area (Å²) in [6, 6.07) is 0.371. The Morgan fingerprint density at radius 3 is 2.83 bits per heavy atom. The Morgan fingerprint density at radius 1 is 1.33 bits per heavy atom. The third kappa shape index (κ3) is 3.88. The maximum atomic E-state index is 12.7. The molecule has 1 aliphatic carbocycles. The number of carbonyl (C=O) groups is 1. The van der Waals surface area contributed by atoms with Crippen molar-refractivity contribution in [2.24, 2.45) is 5.92 Å². The summed E-state index contributed by atoms with van der Waals surface area (Å²) < 4.78 is 5.09. The normalized spacial score (nSPS) is 28.7. The number of H-pyrrole nitrogens is 1. The summed E-state index contributed by atoms with van der Waals surface area (Å²) in [6.45, 7) is 4.31. The number of likely N-dealkylation sites (N-methyl/N-ethyl adjacent to an activating group) is 1. The van der Waals surface area contributed by atoms with Crippen LogP contribution in [0.5, 0.6) is 0 Å². The number of nitrogens with one attached hydrogen (secondary N) is 1. The fraction of sp³-hybridized carbons (Fsp3) is 0.824. The fourth-order valence-electron chi connectivity index (χ4n) is 4.18. The molecule has 3 atom stereocenters. The molecular weight excluding hydrogens is 308 g/mol. The molecule has 3 rings (SSSR count). The van der Waals surface area contributed by atoms with Gasteiger partial charge in [-0.15, -0.1) is 5.10 Å². The molecule has 7 nitrogen and oxygen atoms in total. The first-order valence-corrected chi connectivity index (χ1v) is 9.08. The minimum atomic E-state index is -0.510. The van der Waals surface area contributed by atoms with E-state index in [2.05, 4.69) is 22.0 Å². The molecule has 2 fully saturated rings. The molecule has 1 N–H and O–H groups in total. The summed E-state index contributed by atoms with van der Waals surface area (Å²) in [5, 5.41) is 6.27. The molecular formula is C17H28N4O3. The number of hydrogen-bond donors (Lipinski definition) is 1. The van der Waals surface area contributed by atoms with Gasteiger partial charge in [0.1, 0.15) is 0 Å². The summed E-state index contributed by atoms with van der Waals surface area (Å²) in [5.41, 5.74) is 0. The molecule has 0 spiro atoms. The summed E-state index contributed by atoms with van der Waals surface area (Å²) in [5.74, 6) is 0.818. The summed E-state index contributed by atoms with van der Waals surface area (Å²) in [7, 11) is 1.95. The lowest BCUT2D eigenvalue weighted by atomic mass is 9.85. The third-order valence-electron chi connectivity index (χ3n) is 5.63. The van der Waals surface area contributed by atoms with E-state index in [0.717, 1.165) is 25.8 Å². The lowest BCUT2D eigenvalue weighted by Gasteiger charge is -2.38. The van der Waals surface area contributed by atoms with Crippen LogP contribution < -0.4 is 5.76 Å². The minimum Gasteiger partial charge on any atom is -0.392 e. The largest absolute Gasteiger partial charge is 0.434 e. The highest BCUT2D eigenvalue weighted by Crippen LogP contribution is 2.28. The number of piperidine rings is 1. The highest BCUT2D eigenvalue weighted by atomic mass is 16.4. The smallest absolute Gasteiger partial charge is 0.392 e. The van der Waals surface area contributed by atoms with Gasteiger partial charge in [-0.3, -0.25) is 9.69 Å². The van der Waals surface area contributed by atoms with E-state index in [1.54, 1.807) is 0 Å². The van der Waals surface area contributed by atoms with Gasteiger partial charge in [-0.25, -0.2) is 9.89 Å².